The Kier molecular flexibility index (Phi) is 2.87. The van der Waals surface area contributed by atoms with Crippen LogP contribution in [0.5, 0.6) is 5.75 Å². The van der Waals surface area contributed by atoms with Crippen LogP contribution in [0.25, 0.3) is 5.69 Å². The van der Waals surface area contributed by atoms with E-state index in [-0.39, 0.29) is 5.75 Å². The average molecular weight is 218 g/mol. The van der Waals surface area contributed by atoms with Crippen LogP contribution >= 0.6 is 0 Å². The molecular formula is C11H14N4O. The molecule has 84 valence electrons. The smallest absolute Gasteiger partial charge is 0.141 e. The van der Waals surface area contributed by atoms with Crippen LogP contribution in [0.4, 0.5) is 0 Å². The van der Waals surface area contributed by atoms with Gasteiger partial charge in [-0.1, -0.05) is 24.3 Å². The monoisotopic (exact) mass is 218 g/mol. The van der Waals surface area contributed by atoms with Crippen molar-refractivity contribution in [1.82, 2.24) is 15.0 Å². The van der Waals surface area contributed by atoms with E-state index in [0.29, 0.717) is 12.2 Å². The molecule has 2 aromatic rings. The number of phenols is 1. The third kappa shape index (κ3) is 1.65. The lowest BCUT2D eigenvalue weighted by molar-refractivity contribution is 0.469. The van der Waals surface area contributed by atoms with Gasteiger partial charge in [0.2, 0.25) is 0 Å². The minimum Gasteiger partial charge on any atom is -0.506 e. The molecule has 0 saturated heterocycles. The third-order valence-electron chi connectivity index (χ3n) is 2.48. The van der Waals surface area contributed by atoms with E-state index in [1.54, 1.807) is 22.9 Å². The number of aryl methyl sites for hydroxylation is 1. The molecule has 5 heteroatoms. The number of aromatic nitrogens is 3. The number of para-hydroxylation sites is 2. The zero-order valence-corrected chi connectivity index (χ0v) is 9.09. The van der Waals surface area contributed by atoms with Crippen LogP contribution in [0.15, 0.2) is 24.3 Å². The first-order valence-corrected chi connectivity index (χ1v) is 5.19. The molecule has 1 aromatic heterocycles. The zero-order valence-electron chi connectivity index (χ0n) is 9.09. The minimum absolute atomic E-state index is 0.171. The fourth-order valence-electron chi connectivity index (χ4n) is 1.65. The lowest BCUT2D eigenvalue weighted by Gasteiger charge is -2.06. The Hall–Kier alpha value is -1.88. The number of phenolic OH excluding ortho intramolecular Hbond substituents is 1. The summed E-state index contributed by atoms with van der Waals surface area (Å²) in [7, 11) is 0. The van der Waals surface area contributed by atoms with Crippen molar-refractivity contribution < 1.29 is 5.11 Å². The van der Waals surface area contributed by atoms with Crippen LogP contribution in [0, 0.1) is 0 Å². The van der Waals surface area contributed by atoms with Gasteiger partial charge in [0.1, 0.15) is 11.4 Å². The Labute approximate surface area is 93.5 Å². The number of nitrogens with two attached hydrogens (primary N) is 1. The normalized spacial score (nSPS) is 10.6. The summed E-state index contributed by atoms with van der Waals surface area (Å²) in [5.41, 5.74) is 7.99. The summed E-state index contributed by atoms with van der Waals surface area (Å²) in [4.78, 5) is 0. The zero-order chi connectivity index (χ0) is 11.5. The molecule has 0 aliphatic heterocycles. The van der Waals surface area contributed by atoms with E-state index in [0.717, 1.165) is 17.8 Å². The highest BCUT2D eigenvalue weighted by Gasteiger charge is 2.13. The molecule has 0 fully saturated rings. The summed E-state index contributed by atoms with van der Waals surface area (Å²) in [6, 6.07) is 6.99. The SMILES string of the molecule is CCc1nnn(-c2ccccc2O)c1CN. The van der Waals surface area contributed by atoms with Crippen molar-refractivity contribution >= 4 is 0 Å². The van der Waals surface area contributed by atoms with Crippen molar-refractivity contribution in [2.24, 2.45) is 5.73 Å². The summed E-state index contributed by atoms with van der Waals surface area (Å²) in [6.45, 7) is 2.35. The molecule has 3 N–H and O–H groups in total. The molecular weight excluding hydrogens is 204 g/mol. The number of rotatable bonds is 3. The Morgan fingerprint density at radius 1 is 1.38 bits per heavy atom. The van der Waals surface area contributed by atoms with Crippen LogP contribution in [-0.4, -0.2) is 20.1 Å². The van der Waals surface area contributed by atoms with Crippen LogP contribution in [0.1, 0.15) is 18.3 Å². The maximum atomic E-state index is 9.74. The molecule has 0 unspecified atom stereocenters. The van der Waals surface area contributed by atoms with Gasteiger partial charge in [0, 0.05) is 6.54 Å². The predicted molar refractivity (Wildman–Crippen MR) is 60.3 cm³/mol. The molecule has 2 rings (SSSR count). The van der Waals surface area contributed by atoms with E-state index in [4.69, 9.17) is 5.73 Å². The molecule has 0 atom stereocenters. The fourth-order valence-corrected chi connectivity index (χ4v) is 1.65. The quantitative estimate of drug-likeness (QED) is 0.805. The highest BCUT2D eigenvalue weighted by atomic mass is 16.3. The molecule has 0 aliphatic rings. The largest absolute Gasteiger partial charge is 0.506 e. The Bertz CT molecular complexity index is 492. The summed E-state index contributed by atoms with van der Waals surface area (Å²) < 4.78 is 1.59. The standard InChI is InChI=1S/C11H14N4O/c1-2-8-10(7-12)15(14-13-8)9-5-3-4-6-11(9)16/h3-6,16H,2,7,12H2,1H3. The summed E-state index contributed by atoms with van der Waals surface area (Å²) in [5.74, 6) is 0.171. The second kappa shape index (κ2) is 4.32. The van der Waals surface area contributed by atoms with Crippen molar-refractivity contribution in [3.8, 4) is 11.4 Å². The number of nitrogens with zero attached hydrogens (tertiary/aromatic N) is 3. The van der Waals surface area contributed by atoms with Crippen LogP contribution in [-0.2, 0) is 13.0 Å². The van der Waals surface area contributed by atoms with Crippen molar-refractivity contribution in [3.63, 3.8) is 0 Å². The second-order valence-corrected chi connectivity index (χ2v) is 3.44. The first-order chi connectivity index (χ1) is 7.77. The summed E-state index contributed by atoms with van der Waals surface area (Å²) in [6.07, 6.45) is 0.778. The van der Waals surface area contributed by atoms with E-state index in [1.807, 2.05) is 13.0 Å². The predicted octanol–water partition coefficient (Wildman–Crippen LogP) is 0.994. The van der Waals surface area contributed by atoms with Gasteiger partial charge in [0.05, 0.1) is 11.4 Å². The maximum absolute atomic E-state index is 9.74. The number of benzene rings is 1. The van der Waals surface area contributed by atoms with E-state index >= 15 is 0 Å². The molecule has 0 spiro atoms. The van der Waals surface area contributed by atoms with Crippen molar-refractivity contribution in [2.45, 2.75) is 19.9 Å². The van der Waals surface area contributed by atoms with E-state index < -0.39 is 0 Å². The Morgan fingerprint density at radius 2 is 2.12 bits per heavy atom. The van der Waals surface area contributed by atoms with Gasteiger partial charge in [-0.15, -0.1) is 5.10 Å². The van der Waals surface area contributed by atoms with E-state index in [1.165, 1.54) is 0 Å². The second-order valence-electron chi connectivity index (χ2n) is 3.44. The Morgan fingerprint density at radius 3 is 2.75 bits per heavy atom. The van der Waals surface area contributed by atoms with Gasteiger partial charge in [-0.3, -0.25) is 0 Å². The molecule has 0 saturated carbocycles. The summed E-state index contributed by atoms with van der Waals surface area (Å²) in [5, 5.41) is 17.8. The van der Waals surface area contributed by atoms with Crippen molar-refractivity contribution in [1.29, 1.82) is 0 Å². The summed E-state index contributed by atoms with van der Waals surface area (Å²) >= 11 is 0. The van der Waals surface area contributed by atoms with Crippen molar-refractivity contribution in [3.05, 3.63) is 35.7 Å². The minimum atomic E-state index is 0.171. The highest BCUT2D eigenvalue weighted by Crippen LogP contribution is 2.22. The number of hydrogen-bond acceptors (Lipinski definition) is 4. The molecule has 1 aromatic carbocycles. The van der Waals surface area contributed by atoms with Crippen LogP contribution in [0.3, 0.4) is 0 Å². The topological polar surface area (TPSA) is 77.0 Å². The molecule has 1 heterocycles. The lowest BCUT2D eigenvalue weighted by atomic mass is 10.2. The Balaban J connectivity index is 2.56. The highest BCUT2D eigenvalue weighted by molar-refractivity contribution is 5.45. The lowest BCUT2D eigenvalue weighted by Crippen LogP contribution is -2.08. The molecule has 0 amide bonds. The first kappa shape index (κ1) is 10.6. The third-order valence-corrected chi connectivity index (χ3v) is 2.48. The van der Waals surface area contributed by atoms with Crippen LogP contribution < -0.4 is 5.73 Å². The molecule has 5 nitrogen and oxygen atoms in total. The van der Waals surface area contributed by atoms with Gasteiger partial charge >= 0.3 is 0 Å². The molecule has 0 aliphatic carbocycles. The molecule has 0 bridgehead atoms. The molecule has 16 heavy (non-hydrogen) atoms. The maximum Gasteiger partial charge on any atom is 0.141 e. The van der Waals surface area contributed by atoms with E-state index in [9.17, 15) is 5.11 Å². The molecule has 0 radical (unpaired) electrons. The van der Waals surface area contributed by atoms with Crippen molar-refractivity contribution in [2.75, 3.05) is 0 Å². The average Bonchev–Trinajstić information content (AvgIpc) is 2.72. The fraction of sp³-hybridized carbons (Fsp3) is 0.273. The first-order valence-electron chi connectivity index (χ1n) is 5.19. The van der Waals surface area contributed by atoms with Gasteiger partial charge < -0.3 is 10.8 Å². The van der Waals surface area contributed by atoms with Gasteiger partial charge in [-0.2, -0.15) is 0 Å². The number of aromatic hydroxyl groups is 1. The van der Waals surface area contributed by atoms with Gasteiger partial charge in [0.25, 0.3) is 0 Å². The van der Waals surface area contributed by atoms with Gasteiger partial charge in [-0.05, 0) is 18.6 Å². The van der Waals surface area contributed by atoms with Crippen LogP contribution in [0.2, 0.25) is 0 Å². The number of hydrogen-bond donors (Lipinski definition) is 2. The van der Waals surface area contributed by atoms with Gasteiger partial charge in [0.15, 0.2) is 0 Å². The van der Waals surface area contributed by atoms with E-state index in [2.05, 4.69) is 10.3 Å². The van der Waals surface area contributed by atoms with Gasteiger partial charge in [-0.25, -0.2) is 4.68 Å².